The van der Waals surface area contributed by atoms with Crippen LogP contribution in [0.3, 0.4) is 0 Å². The Morgan fingerprint density at radius 3 is 2.65 bits per heavy atom. The molecule has 0 bridgehead atoms. The van der Waals surface area contributed by atoms with Crippen LogP contribution in [0.4, 0.5) is 13.2 Å². The predicted molar refractivity (Wildman–Crippen MR) is 82.1 cm³/mol. The van der Waals surface area contributed by atoms with Gasteiger partial charge in [0.15, 0.2) is 5.69 Å². The highest BCUT2D eigenvalue weighted by molar-refractivity contribution is 5.92. The summed E-state index contributed by atoms with van der Waals surface area (Å²) < 4.78 is 39.3. The third-order valence-electron chi connectivity index (χ3n) is 2.92. The van der Waals surface area contributed by atoms with Crippen LogP contribution in [0.25, 0.3) is 5.69 Å². The van der Waals surface area contributed by atoms with E-state index in [-0.39, 0.29) is 29.7 Å². The third kappa shape index (κ3) is 4.97. The van der Waals surface area contributed by atoms with Gasteiger partial charge in [-0.1, -0.05) is 6.07 Å². The number of carbonyl (C=O) groups excluding carboxylic acids is 1. The van der Waals surface area contributed by atoms with E-state index in [4.69, 9.17) is 0 Å². The molecule has 0 radical (unpaired) electrons. The largest absolute Gasteiger partial charge is 0.416 e. The van der Waals surface area contributed by atoms with Gasteiger partial charge < -0.3 is 10.6 Å². The number of amides is 1. The van der Waals surface area contributed by atoms with E-state index in [1.54, 1.807) is 7.05 Å². The molecular weight excluding hydrogens is 333 g/mol. The molecule has 0 fully saturated rings. The number of hydrogen-bond acceptors (Lipinski definition) is 3. The minimum atomic E-state index is -4.42. The highest BCUT2D eigenvalue weighted by atomic mass is 35.5. The number of halogens is 4. The fourth-order valence-corrected chi connectivity index (χ4v) is 1.81. The number of alkyl halides is 3. The van der Waals surface area contributed by atoms with Gasteiger partial charge in [-0.2, -0.15) is 18.3 Å². The first kappa shape index (κ1) is 19.0. The molecule has 0 unspecified atom stereocenters. The van der Waals surface area contributed by atoms with E-state index in [2.05, 4.69) is 15.7 Å². The van der Waals surface area contributed by atoms with Crippen molar-refractivity contribution in [2.24, 2.45) is 0 Å². The Morgan fingerprint density at radius 1 is 1.26 bits per heavy atom. The average molecular weight is 349 g/mol. The second kappa shape index (κ2) is 7.98. The van der Waals surface area contributed by atoms with E-state index >= 15 is 0 Å². The second-order valence-electron chi connectivity index (χ2n) is 4.55. The molecule has 2 aromatic rings. The van der Waals surface area contributed by atoms with Crippen LogP contribution >= 0.6 is 12.4 Å². The van der Waals surface area contributed by atoms with Crippen molar-refractivity contribution in [3.05, 3.63) is 47.8 Å². The van der Waals surface area contributed by atoms with Crippen molar-refractivity contribution in [1.82, 2.24) is 20.4 Å². The van der Waals surface area contributed by atoms with E-state index in [1.165, 1.54) is 29.1 Å². The number of benzene rings is 1. The number of aromatic nitrogens is 2. The zero-order chi connectivity index (χ0) is 16.2. The lowest BCUT2D eigenvalue weighted by atomic mass is 10.2. The zero-order valence-electron chi connectivity index (χ0n) is 12.2. The van der Waals surface area contributed by atoms with Gasteiger partial charge in [0.2, 0.25) is 0 Å². The van der Waals surface area contributed by atoms with Crippen molar-refractivity contribution >= 4 is 18.3 Å². The summed E-state index contributed by atoms with van der Waals surface area (Å²) in [5, 5.41) is 9.52. The van der Waals surface area contributed by atoms with Gasteiger partial charge in [0.25, 0.3) is 5.91 Å². The van der Waals surface area contributed by atoms with Crippen molar-refractivity contribution in [3.8, 4) is 5.69 Å². The molecule has 5 nitrogen and oxygen atoms in total. The number of likely N-dealkylation sites (N-methyl/N-ethyl adjacent to an activating group) is 1. The molecular formula is C14H16ClF3N4O. The third-order valence-corrected chi connectivity index (χ3v) is 2.92. The molecule has 0 aliphatic carbocycles. The van der Waals surface area contributed by atoms with Gasteiger partial charge in [0.05, 0.1) is 11.3 Å². The van der Waals surface area contributed by atoms with Crippen molar-refractivity contribution in [3.63, 3.8) is 0 Å². The summed E-state index contributed by atoms with van der Waals surface area (Å²) in [7, 11) is 1.76. The van der Waals surface area contributed by atoms with Gasteiger partial charge in [-0.25, -0.2) is 4.68 Å². The highest BCUT2D eigenvalue weighted by Gasteiger charge is 2.30. The maximum atomic E-state index is 12.7. The van der Waals surface area contributed by atoms with Crippen molar-refractivity contribution in [2.45, 2.75) is 6.18 Å². The number of nitrogens with zero attached hydrogens (tertiary/aromatic N) is 2. The molecule has 0 aliphatic rings. The fourth-order valence-electron chi connectivity index (χ4n) is 1.81. The minimum Gasteiger partial charge on any atom is -0.349 e. The number of nitrogens with one attached hydrogen (secondary N) is 2. The lowest BCUT2D eigenvalue weighted by molar-refractivity contribution is -0.137. The molecule has 1 aromatic carbocycles. The summed E-state index contributed by atoms with van der Waals surface area (Å²) in [5.41, 5.74) is -0.377. The van der Waals surface area contributed by atoms with Gasteiger partial charge in [-0.05, 0) is 31.3 Å². The standard InChI is InChI=1S/C14H15F3N4O.ClH/c1-18-6-7-19-13(22)12-5-8-21(20-12)11-4-2-3-10(9-11)14(15,16)17;/h2-5,8-9,18H,6-7H2,1H3,(H,19,22);1H. The molecule has 2 rings (SSSR count). The van der Waals surface area contributed by atoms with Crippen molar-refractivity contribution < 1.29 is 18.0 Å². The van der Waals surface area contributed by atoms with E-state index in [9.17, 15) is 18.0 Å². The molecule has 1 heterocycles. The molecule has 126 valence electrons. The lowest BCUT2D eigenvalue weighted by Gasteiger charge is -2.08. The lowest BCUT2D eigenvalue weighted by Crippen LogP contribution is -2.30. The molecule has 0 saturated carbocycles. The fraction of sp³-hybridized carbons (Fsp3) is 0.286. The predicted octanol–water partition coefficient (Wildman–Crippen LogP) is 2.26. The molecule has 23 heavy (non-hydrogen) atoms. The monoisotopic (exact) mass is 348 g/mol. The van der Waals surface area contributed by atoms with Crippen LogP contribution in [0.2, 0.25) is 0 Å². The van der Waals surface area contributed by atoms with Crippen molar-refractivity contribution in [1.29, 1.82) is 0 Å². The first-order valence-electron chi connectivity index (χ1n) is 6.58. The number of carbonyl (C=O) groups is 1. The van der Waals surface area contributed by atoms with Crippen LogP contribution in [0, 0.1) is 0 Å². The minimum absolute atomic E-state index is 0. The molecule has 0 aliphatic heterocycles. The molecule has 0 spiro atoms. The molecule has 9 heteroatoms. The smallest absolute Gasteiger partial charge is 0.349 e. The number of rotatable bonds is 5. The van der Waals surface area contributed by atoms with Gasteiger partial charge in [-0.15, -0.1) is 12.4 Å². The summed E-state index contributed by atoms with van der Waals surface area (Å²) in [6.45, 7) is 1.05. The summed E-state index contributed by atoms with van der Waals surface area (Å²) in [6.07, 6.45) is -2.97. The van der Waals surface area contributed by atoms with E-state index in [1.807, 2.05) is 0 Å². The summed E-state index contributed by atoms with van der Waals surface area (Å²) >= 11 is 0. The zero-order valence-corrected chi connectivity index (χ0v) is 13.0. The second-order valence-corrected chi connectivity index (χ2v) is 4.55. The number of hydrogen-bond donors (Lipinski definition) is 2. The normalized spacial score (nSPS) is 11.0. The molecule has 2 N–H and O–H groups in total. The van der Waals surface area contributed by atoms with Crippen LogP contribution in [0.5, 0.6) is 0 Å². The Morgan fingerprint density at radius 2 is 2.00 bits per heavy atom. The molecule has 1 aromatic heterocycles. The van der Waals surface area contributed by atoms with E-state index in [0.717, 1.165) is 12.1 Å². The summed E-state index contributed by atoms with van der Waals surface area (Å²) in [5.74, 6) is -0.374. The van der Waals surface area contributed by atoms with Crippen LogP contribution in [0.1, 0.15) is 16.1 Å². The Hall–Kier alpha value is -2.06. The van der Waals surface area contributed by atoms with E-state index in [0.29, 0.717) is 13.1 Å². The Kier molecular flexibility index (Phi) is 6.59. The Bertz CT molecular complexity index is 657. The quantitative estimate of drug-likeness (QED) is 0.815. The van der Waals surface area contributed by atoms with Crippen LogP contribution in [-0.2, 0) is 6.18 Å². The highest BCUT2D eigenvalue weighted by Crippen LogP contribution is 2.30. The topological polar surface area (TPSA) is 58.9 Å². The van der Waals surface area contributed by atoms with Crippen LogP contribution < -0.4 is 10.6 Å². The average Bonchev–Trinajstić information content (AvgIpc) is 2.96. The summed E-state index contributed by atoms with van der Waals surface area (Å²) in [4.78, 5) is 11.8. The molecule has 1 amide bonds. The van der Waals surface area contributed by atoms with Crippen molar-refractivity contribution in [2.75, 3.05) is 20.1 Å². The first-order chi connectivity index (χ1) is 10.4. The van der Waals surface area contributed by atoms with E-state index < -0.39 is 11.7 Å². The van der Waals surface area contributed by atoms with Gasteiger partial charge in [0, 0.05) is 19.3 Å². The summed E-state index contributed by atoms with van der Waals surface area (Å²) in [6, 6.07) is 6.21. The Labute approximate surface area is 137 Å². The van der Waals surface area contributed by atoms with Gasteiger partial charge >= 0.3 is 6.18 Å². The SMILES string of the molecule is CNCCNC(=O)c1ccn(-c2cccc(C(F)(F)F)c2)n1.Cl. The maximum Gasteiger partial charge on any atom is 0.416 e. The van der Waals surface area contributed by atoms with Gasteiger partial charge in [-0.3, -0.25) is 4.79 Å². The Balaban J connectivity index is 0.00000264. The molecule has 0 saturated heterocycles. The van der Waals surface area contributed by atoms with Crippen LogP contribution in [-0.4, -0.2) is 35.8 Å². The molecule has 0 atom stereocenters. The van der Waals surface area contributed by atoms with Gasteiger partial charge in [0.1, 0.15) is 0 Å². The first-order valence-corrected chi connectivity index (χ1v) is 6.58. The maximum absolute atomic E-state index is 12.7. The van der Waals surface area contributed by atoms with Crippen LogP contribution in [0.15, 0.2) is 36.5 Å².